The van der Waals surface area contributed by atoms with E-state index in [4.69, 9.17) is 10.5 Å². The zero-order valence-corrected chi connectivity index (χ0v) is 5.26. The first-order valence-corrected chi connectivity index (χ1v) is 3.11. The van der Waals surface area contributed by atoms with Gasteiger partial charge in [-0.2, -0.15) is 0 Å². The van der Waals surface area contributed by atoms with Gasteiger partial charge in [0.2, 0.25) is 0 Å². The molecule has 0 unspecified atom stereocenters. The van der Waals surface area contributed by atoms with E-state index in [2.05, 4.69) is 0 Å². The van der Waals surface area contributed by atoms with Crippen LogP contribution in [-0.2, 0) is 4.74 Å². The van der Waals surface area contributed by atoms with Gasteiger partial charge in [0.05, 0.1) is 6.10 Å². The maximum absolute atomic E-state index is 5.42. The fourth-order valence-corrected chi connectivity index (χ4v) is 1.12. The molecule has 0 aromatic rings. The van der Waals surface area contributed by atoms with E-state index in [1.807, 2.05) is 0 Å². The lowest BCUT2D eigenvalue weighted by atomic mass is 9.82. The highest BCUT2D eigenvalue weighted by atomic mass is 16.5. The molecule has 0 aromatic heterocycles. The van der Waals surface area contributed by atoms with Gasteiger partial charge in [0.15, 0.2) is 0 Å². The smallest absolute Gasteiger partial charge is 0.0611 e. The highest BCUT2D eigenvalue weighted by molar-refractivity contribution is 4.81. The Kier molecular flexibility index (Phi) is 1.86. The minimum absolute atomic E-state index is 0.472. The molecule has 1 aliphatic rings. The van der Waals surface area contributed by atoms with Crippen LogP contribution in [0.4, 0.5) is 0 Å². The molecule has 2 N–H and O–H groups in total. The van der Waals surface area contributed by atoms with Crippen molar-refractivity contribution < 1.29 is 4.74 Å². The van der Waals surface area contributed by atoms with Gasteiger partial charge in [0.25, 0.3) is 0 Å². The average Bonchev–Trinajstić information content (AvgIpc) is 1.66. The minimum Gasteiger partial charge on any atom is -0.381 e. The summed E-state index contributed by atoms with van der Waals surface area (Å²) >= 11 is 0. The van der Waals surface area contributed by atoms with Gasteiger partial charge < -0.3 is 10.5 Å². The summed E-state index contributed by atoms with van der Waals surface area (Å²) in [6, 6.07) is 0. The van der Waals surface area contributed by atoms with E-state index >= 15 is 0 Å². The number of rotatable bonds is 2. The molecule has 0 amide bonds. The summed E-state index contributed by atoms with van der Waals surface area (Å²) in [4.78, 5) is 0. The Labute approximate surface area is 50.0 Å². The summed E-state index contributed by atoms with van der Waals surface area (Å²) < 4.78 is 5.11. The number of hydrogen-bond donors (Lipinski definition) is 1. The summed E-state index contributed by atoms with van der Waals surface area (Å²) in [6.07, 6.45) is 2.94. The molecule has 1 rings (SSSR count). The summed E-state index contributed by atoms with van der Waals surface area (Å²) in [5.74, 6) is 0.653. The zero-order valence-electron chi connectivity index (χ0n) is 5.26. The predicted octanol–water partition coefficient (Wildman–Crippen LogP) is 0.370. The van der Waals surface area contributed by atoms with Crippen LogP contribution < -0.4 is 5.73 Å². The number of ether oxygens (including phenoxy) is 1. The second-order valence-electron chi connectivity index (χ2n) is 2.35. The van der Waals surface area contributed by atoms with Crippen LogP contribution in [-0.4, -0.2) is 19.8 Å². The maximum Gasteiger partial charge on any atom is 0.0611 e. The van der Waals surface area contributed by atoms with Crippen molar-refractivity contribution in [3.63, 3.8) is 0 Å². The molecule has 1 fully saturated rings. The van der Waals surface area contributed by atoms with Crippen LogP contribution in [0.1, 0.15) is 12.8 Å². The molecule has 0 radical (unpaired) electrons. The second-order valence-corrected chi connectivity index (χ2v) is 2.35. The largest absolute Gasteiger partial charge is 0.381 e. The van der Waals surface area contributed by atoms with Gasteiger partial charge in [-0.05, 0) is 25.3 Å². The van der Waals surface area contributed by atoms with E-state index < -0.39 is 0 Å². The maximum atomic E-state index is 5.42. The van der Waals surface area contributed by atoms with E-state index in [1.54, 1.807) is 7.11 Å². The molecule has 1 aliphatic carbocycles. The fraction of sp³-hybridized carbons (Fsp3) is 1.00. The average molecular weight is 115 g/mol. The Balaban J connectivity index is 2.16. The lowest BCUT2D eigenvalue weighted by Gasteiger charge is -2.34. The van der Waals surface area contributed by atoms with Crippen molar-refractivity contribution in [2.24, 2.45) is 11.7 Å². The third kappa shape index (κ3) is 0.858. The molecule has 0 spiro atoms. The van der Waals surface area contributed by atoms with Crippen molar-refractivity contribution in [1.29, 1.82) is 0 Å². The molecule has 0 aromatic carbocycles. The third-order valence-corrected chi connectivity index (χ3v) is 1.95. The van der Waals surface area contributed by atoms with Crippen LogP contribution in [0.25, 0.3) is 0 Å². The van der Waals surface area contributed by atoms with Gasteiger partial charge in [-0.25, -0.2) is 0 Å². The number of nitrogens with two attached hydrogens (primary N) is 1. The van der Waals surface area contributed by atoms with Crippen molar-refractivity contribution in [2.45, 2.75) is 18.9 Å². The molecule has 2 heteroatoms. The van der Waals surface area contributed by atoms with Gasteiger partial charge in [0.1, 0.15) is 0 Å². The lowest BCUT2D eigenvalue weighted by molar-refractivity contribution is -0.0118. The van der Waals surface area contributed by atoms with Crippen molar-refractivity contribution >= 4 is 0 Å². The van der Waals surface area contributed by atoms with Crippen LogP contribution in [0.5, 0.6) is 0 Å². The molecular formula is C6H13NO. The first-order valence-electron chi connectivity index (χ1n) is 3.11. The molecule has 0 bridgehead atoms. The molecule has 2 atom stereocenters. The molecule has 0 saturated heterocycles. The SMILES string of the molecule is CO[C@@H]1CC[C@H]1CN. The van der Waals surface area contributed by atoms with Crippen molar-refractivity contribution in [3.05, 3.63) is 0 Å². The Morgan fingerprint density at radius 3 is 2.50 bits per heavy atom. The van der Waals surface area contributed by atoms with E-state index in [9.17, 15) is 0 Å². The standard InChI is InChI=1S/C6H13NO/c1-8-6-3-2-5(6)4-7/h5-6H,2-4,7H2,1H3/t5-,6+/m0/s1. The van der Waals surface area contributed by atoms with Crippen LogP contribution in [0, 0.1) is 5.92 Å². The molecular weight excluding hydrogens is 102 g/mol. The Hall–Kier alpha value is -0.0800. The van der Waals surface area contributed by atoms with E-state index in [1.165, 1.54) is 12.8 Å². The molecule has 0 aliphatic heterocycles. The Morgan fingerprint density at radius 1 is 1.62 bits per heavy atom. The van der Waals surface area contributed by atoms with Gasteiger partial charge in [-0.3, -0.25) is 0 Å². The van der Waals surface area contributed by atoms with Gasteiger partial charge >= 0.3 is 0 Å². The lowest BCUT2D eigenvalue weighted by Crippen LogP contribution is -2.38. The van der Waals surface area contributed by atoms with Crippen molar-refractivity contribution in [3.8, 4) is 0 Å². The third-order valence-electron chi connectivity index (χ3n) is 1.95. The number of methoxy groups -OCH3 is 1. The van der Waals surface area contributed by atoms with Crippen LogP contribution in [0.15, 0.2) is 0 Å². The molecule has 48 valence electrons. The quantitative estimate of drug-likeness (QED) is 0.564. The minimum atomic E-state index is 0.472. The monoisotopic (exact) mass is 115 g/mol. The van der Waals surface area contributed by atoms with E-state index in [0.29, 0.717) is 12.0 Å². The predicted molar refractivity (Wildman–Crippen MR) is 32.6 cm³/mol. The highest BCUT2D eigenvalue weighted by Crippen LogP contribution is 2.28. The molecule has 8 heavy (non-hydrogen) atoms. The van der Waals surface area contributed by atoms with E-state index in [-0.39, 0.29) is 0 Å². The summed E-state index contributed by atoms with van der Waals surface area (Å²) in [6.45, 7) is 0.790. The summed E-state index contributed by atoms with van der Waals surface area (Å²) in [5.41, 5.74) is 5.42. The topological polar surface area (TPSA) is 35.2 Å². The van der Waals surface area contributed by atoms with E-state index in [0.717, 1.165) is 6.54 Å². The Morgan fingerprint density at radius 2 is 2.38 bits per heavy atom. The van der Waals surface area contributed by atoms with Gasteiger partial charge in [0, 0.05) is 7.11 Å². The zero-order chi connectivity index (χ0) is 5.98. The first kappa shape index (κ1) is 6.05. The highest BCUT2D eigenvalue weighted by Gasteiger charge is 2.28. The van der Waals surface area contributed by atoms with Crippen LogP contribution in [0.3, 0.4) is 0 Å². The molecule has 0 heterocycles. The van der Waals surface area contributed by atoms with Crippen molar-refractivity contribution in [1.82, 2.24) is 0 Å². The number of hydrogen-bond acceptors (Lipinski definition) is 2. The summed E-state index contributed by atoms with van der Waals surface area (Å²) in [5, 5.41) is 0. The van der Waals surface area contributed by atoms with Crippen molar-refractivity contribution in [2.75, 3.05) is 13.7 Å². The molecule has 2 nitrogen and oxygen atoms in total. The second kappa shape index (κ2) is 2.46. The van der Waals surface area contributed by atoms with Gasteiger partial charge in [-0.15, -0.1) is 0 Å². The molecule has 1 saturated carbocycles. The Bertz CT molecular complexity index is 60.9. The van der Waals surface area contributed by atoms with Crippen LogP contribution >= 0.6 is 0 Å². The van der Waals surface area contributed by atoms with Crippen LogP contribution in [0.2, 0.25) is 0 Å². The first-order chi connectivity index (χ1) is 3.88. The fourth-order valence-electron chi connectivity index (χ4n) is 1.12. The summed E-state index contributed by atoms with van der Waals surface area (Å²) in [7, 11) is 1.76. The normalized spacial score (nSPS) is 36.8. The van der Waals surface area contributed by atoms with Gasteiger partial charge in [-0.1, -0.05) is 0 Å².